The zero-order valence-electron chi connectivity index (χ0n) is 8.93. The lowest BCUT2D eigenvalue weighted by molar-refractivity contribution is 0.0123. The molecule has 1 heterocycles. The second-order valence-corrected chi connectivity index (χ2v) is 3.30. The van der Waals surface area contributed by atoms with Crippen molar-refractivity contribution in [1.29, 1.82) is 5.26 Å². The summed E-state index contributed by atoms with van der Waals surface area (Å²) in [5.74, 6) is 0. The van der Waals surface area contributed by atoms with Crippen LogP contribution in [0.3, 0.4) is 0 Å². The zero-order valence-corrected chi connectivity index (χ0v) is 8.93. The number of pyridine rings is 1. The van der Waals surface area contributed by atoms with Gasteiger partial charge >= 0.3 is 0 Å². The summed E-state index contributed by atoms with van der Waals surface area (Å²) < 4.78 is 0. The molecular formula is C10H11N5O2. The Labute approximate surface area is 97.6 Å². The second-order valence-electron chi connectivity index (χ2n) is 3.30. The van der Waals surface area contributed by atoms with Crippen LogP contribution in [-0.4, -0.2) is 27.8 Å². The van der Waals surface area contributed by atoms with Gasteiger partial charge in [0.05, 0.1) is 17.4 Å². The normalized spacial score (nSPS) is 13.2. The van der Waals surface area contributed by atoms with Gasteiger partial charge in [-0.1, -0.05) is 5.11 Å². The number of nitriles is 1. The minimum atomic E-state index is -1.26. The average molecular weight is 233 g/mol. The van der Waals surface area contributed by atoms with E-state index in [0.29, 0.717) is 0 Å². The number of hydrogen-bond donors (Lipinski definition) is 2. The highest BCUT2D eigenvalue weighted by molar-refractivity contribution is 5.34. The smallest absolute Gasteiger partial charge is 0.123 e. The molecule has 2 N–H and O–H groups in total. The molecule has 0 fully saturated rings. The maximum absolute atomic E-state index is 9.80. The van der Waals surface area contributed by atoms with Crippen LogP contribution in [0.15, 0.2) is 23.4 Å². The largest absolute Gasteiger partial charge is 0.390 e. The molecule has 2 atom stereocenters. The molecule has 17 heavy (non-hydrogen) atoms. The minimum absolute atomic E-state index is 0.0729. The summed E-state index contributed by atoms with van der Waals surface area (Å²) >= 11 is 0. The first kappa shape index (κ1) is 12.9. The highest BCUT2D eigenvalue weighted by atomic mass is 16.3. The SMILES string of the molecule is N#Cc1cccnc1C(O)C(O)CCN=[N+]=[N-]. The highest BCUT2D eigenvalue weighted by Crippen LogP contribution is 2.19. The Balaban J connectivity index is 2.78. The van der Waals surface area contributed by atoms with Gasteiger partial charge in [0.2, 0.25) is 0 Å². The van der Waals surface area contributed by atoms with E-state index in [-0.39, 0.29) is 24.2 Å². The summed E-state index contributed by atoms with van der Waals surface area (Å²) in [5.41, 5.74) is 8.41. The zero-order chi connectivity index (χ0) is 12.7. The van der Waals surface area contributed by atoms with Crippen molar-refractivity contribution in [2.75, 3.05) is 6.54 Å². The van der Waals surface area contributed by atoms with Crippen LogP contribution in [0.25, 0.3) is 10.4 Å². The molecule has 0 saturated heterocycles. The van der Waals surface area contributed by atoms with Crippen LogP contribution in [0.5, 0.6) is 0 Å². The minimum Gasteiger partial charge on any atom is -0.390 e. The number of hydrogen-bond acceptors (Lipinski definition) is 5. The van der Waals surface area contributed by atoms with Gasteiger partial charge in [0.25, 0.3) is 0 Å². The molecule has 0 aliphatic heterocycles. The first-order chi connectivity index (χ1) is 8.20. The fourth-order valence-corrected chi connectivity index (χ4v) is 1.32. The molecule has 0 bridgehead atoms. The maximum atomic E-state index is 9.80. The standard InChI is InChI=1S/C10H11N5O2/c11-6-7-2-1-4-13-9(7)10(17)8(16)3-5-14-15-12/h1-2,4,8,10,16-17H,3,5H2. The molecule has 7 nitrogen and oxygen atoms in total. The molecule has 0 saturated carbocycles. The number of nitrogens with zero attached hydrogens (tertiary/aromatic N) is 5. The Hall–Kier alpha value is -2.13. The van der Waals surface area contributed by atoms with Gasteiger partial charge in [-0.15, -0.1) is 0 Å². The lowest BCUT2D eigenvalue weighted by atomic mass is 10.0. The quantitative estimate of drug-likeness (QED) is 0.447. The van der Waals surface area contributed by atoms with Crippen molar-refractivity contribution in [3.8, 4) is 6.07 Å². The first-order valence-corrected chi connectivity index (χ1v) is 4.92. The second kappa shape index (κ2) is 6.45. The van der Waals surface area contributed by atoms with E-state index >= 15 is 0 Å². The fraction of sp³-hybridized carbons (Fsp3) is 0.400. The van der Waals surface area contributed by atoms with Crippen LogP contribution in [-0.2, 0) is 0 Å². The molecule has 1 aromatic heterocycles. The first-order valence-electron chi connectivity index (χ1n) is 4.92. The molecule has 7 heteroatoms. The van der Waals surface area contributed by atoms with Gasteiger partial charge in [-0.2, -0.15) is 5.26 Å². The molecule has 0 aliphatic rings. The number of azide groups is 1. The van der Waals surface area contributed by atoms with Gasteiger partial charge < -0.3 is 10.2 Å². The topological polar surface area (TPSA) is 126 Å². The Morgan fingerprint density at radius 1 is 1.59 bits per heavy atom. The van der Waals surface area contributed by atoms with Gasteiger partial charge in [0, 0.05) is 17.7 Å². The van der Waals surface area contributed by atoms with Crippen molar-refractivity contribution in [2.45, 2.75) is 18.6 Å². The van der Waals surface area contributed by atoms with Crippen LogP contribution in [0.2, 0.25) is 0 Å². The van der Waals surface area contributed by atoms with Crippen LogP contribution >= 0.6 is 0 Å². The summed E-state index contributed by atoms with van der Waals surface area (Å²) in [5, 5.41) is 31.5. The Kier molecular flexibility index (Phi) is 4.91. The Morgan fingerprint density at radius 3 is 3.00 bits per heavy atom. The van der Waals surface area contributed by atoms with Crippen molar-refractivity contribution < 1.29 is 10.2 Å². The maximum Gasteiger partial charge on any atom is 0.123 e. The molecule has 0 aliphatic carbocycles. The Morgan fingerprint density at radius 2 is 2.35 bits per heavy atom. The summed E-state index contributed by atoms with van der Waals surface area (Å²) in [6.45, 7) is 0.0729. The third kappa shape index (κ3) is 3.43. The van der Waals surface area contributed by atoms with E-state index in [2.05, 4.69) is 15.0 Å². The van der Waals surface area contributed by atoms with E-state index in [1.54, 1.807) is 6.07 Å². The molecule has 0 radical (unpaired) electrons. The number of aliphatic hydroxyl groups is 2. The predicted molar refractivity (Wildman–Crippen MR) is 58.5 cm³/mol. The molecule has 1 aromatic rings. The number of aromatic nitrogens is 1. The highest BCUT2D eigenvalue weighted by Gasteiger charge is 2.21. The summed E-state index contributed by atoms with van der Waals surface area (Å²) in [6.07, 6.45) is -0.853. The van der Waals surface area contributed by atoms with Gasteiger partial charge in [0.1, 0.15) is 12.2 Å². The molecule has 0 aromatic carbocycles. The summed E-state index contributed by atoms with van der Waals surface area (Å²) in [4.78, 5) is 6.40. The van der Waals surface area contributed by atoms with E-state index in [9.17, 15) is 10.2 Å². The summed E-state index contributed by atoms with van der Waals surface area (Å²) in [6, 6.07) is 4.96. The van der Waals surface area contributed by atoms with Gasteiger partial charge in [-0.25, -0.2) is 0 Å². The van der Waals surface area contributed by atoms with Crippen LogP contribution in [0.4, 0.5) is 0 Å². The third-order valence-electron chi connectivity index (χ3n) is 2.19. The Bertz CT molecular complexity index is 464. The molecule has 0 spiro atoms. The van der Waals surface area contributed by atoms with Gasteiger partial charge in [0.15, 0.2) is 0 Å². The molecule has 88 valence electrons. The number of rotatable bonds is 5. The van der Waals surface area contributed by atoms with Crippen LogP contribution < -0.4 is 0 Å². The van der Waals surface area contributed by atoms with Gasteiger partial charge in [-0.3, -0.25) is 4.98 Å². The average Bonchev–Trinajstić information content (AvgIpc) is 2.38. The molecule has 2 unspecified atom stereocenters. The van der Waals surface area contributed by atoms with Crippen LogP contribution in [0, 0.1) is 11.3 Å². The van der Waals surface area contributed by atoms with Crippen molar-refractivity contribution in [3.63, 3.8) is 0 Å². The van der Waals surface area contributed by atoms with E-state index in [1.165, 1.54) is 12.3 Å². The van der Waals surface area contributed by atoms with Crippen molar-refractivity contribution in [1.82, 2.24) is 4.98 Å². The van der Waals surface area contributed by atoms with Crippen molar-refractivity contribution in [3.05, 3.63) is 40.0 Å². The molecular weight excluding hydrogens is 222 g/mol. The van der Waals surface area contributed by atoms with E-state index < -0.39 is 12.2 Å². The summed E-state index contributed by atoms with van der Waals surface area (Å²) in [7, 11) is 0. The third-order valence-corrected chi connectivity index (χ3v) is 2.19. The van der Waals surface area contributed by atoms with E-state index in [4.69, 9.17) is 10.8 Å². The number of aliphatic hydroxyl groups excluding tert-OH is 2. The van der Waals surface area contributed by atoms with E-state index in [1.807, 2.05) is 6.07 Å². The predicted octanol–water partition coefficient (Wildman–Crippen LogP) is 1.05. The molecule has 1 rings (SSSR count). The fourth-order valence-electron chi connectivity index (χ4n) is 1.32. The van der Waals surface area contributed by atoms with Crippen LogP contribution in [0.1, 0.15) is 23.8 Å². The van der Waals surface area contributed by atoms with E-state index in [0.717, 1.165) is 0 Å². The lowest BCUT2D eigenvalue weighted by Crippen LogP contribution is -2.21. The lowest BCUT2D eigenvalue weighted by Gasteiger charge is -2.17. The molecule has 0 amide bonds. The van der Waals surface area contributed by atoms with Gasteiger partial charge in [-0.05, 0) is 24.1 Å². The van der Waals surface area contributed by atoms with Crippen molar-refractivity contribution >= 4 is 0 Å². The monoisotopic (exact) mass is 233 g/mol. The van der Waals surface area contributed by atoms with Crippen molar-refractivity contribution in [2.24, 2.45) is 5.11 Å².